The first kappa shape index (κ1) is 9.31. The summed E-state index contributed by atoms with van der Waals surface area (Å²) < 4.78 is 23.6. The van der Waals surface area contributed by atoms with Crippen molar-refractivity contribution in [3.63, 3.8) is 0 Å². The van der Waals surface area contributed by atoms with Gasteiger partial charge in [0.2, 0.25) is 0 Å². The molecule has 6 heteroatoms. The first-order valence-electron chi connectivity index (χ1n) is 2.98. The highest BCUT2D eigenvalue weighted by Crippen LogP contribution is 2.20. The Balaban J connectivity index is 3.30. The largest absolute Gasteiger partial charge is 0.507 e. The minimum atomic E-state index is -3.76. The molecule has 0 aliphatic carbocycles. The standard InChI is InChI=1S/C6H6ClNO3S/c7-8-12(10,11)6-4-2-1-3-5(6)9/h1-4,8-9H. The van der Waals surface area contributed by atoms with Crippen LogP contribution in [-0.4, -0.2) is 13.5 Å². The van der Waals surface area contributed by atoms with E-state index < -0.39 is 10.0 Å². The van der Waals surface area contributed by atoms with Crippen LogP contribution in [0.3, 0.4) is 0 Å². The maximum atomic E-state index is 11.0. The molecule has 0 atom stereocenters. The van der Waals surface area contributed by atoms with Crippen LogP contribution in [0.25, 0.3) is 0 Å². The van der Waals surface area contributed by atoms with Gasteiger partial charge in [0.25, 0.3) is 10.0 Å². The molecule has 4 nitrogen and oxygen atoms in total. The van der Waals surface area contributed by atoms with Gasteiger partial charge in [0, 0.05) is 0 Å². The molecule has 0 aromatic heterocycles. The molecule has 1 rings (SSSR count). The third-order valence-corrected chi connectivity index (χ3v) is 2.99. The molecule has 2 N–H and O–H groups in total. The molecule has 66 valence electrons. The summed E-state index contributed by atoms with van der Waals surface area (Å²) in [6.45, 7) is 0. The number of benzene rings is 1. The maximum Gasteiger partial charge on any atom is 0.257 e. The van der Waals surface area contributed by atoms with E-state index in [9.17, 15) is 8.42 Å². The molecule has 0 fully saturated rings. The van der Waals surface area contributed by atoms with E-state index in [0.29, 0.717) is 0 Å². The van der Waals surface area contributed by atoms with E-state index in [1.165, 1.54) is 24.3 Å². The van der Waals surface area contributed by atoms with Gasteiger partial charge >= 0.3 is 0 Å². The number of para-hydroxylation sites is 1. The van der Waals surface area contributed by atoms with E-state index in [2.05, 4.69) is 0 Å². The van der Waals surface area contributed by atoms with Crippen molar-refractivity contribution in [3.8, 4) is 5.75 Å². The van der Waals surface area contributed by atoms with Crippen LogP contribution in [0.5, 0.6) is 5.75 Å². The average Bonchev–Trinajstić information content (AvgIpc) is 2.05. The summed E-state index contributed by atoms with van der Waals surface area (Å²) in [6, 6.07) is 5.52. The number of hydrogen-bond acceptors (Lipinski definition) is 3. The third kappa shape index (κ3) is 1.69. The lowest BCUT2D eigenvalue weighted by molar-refractivity contribution is 0.458. The molecule has 0 heterocycles. The van der Waals surface area contributed by atoms with Gasteiger partial charge in [-0.05, 0) is 23.9 Å². The van der Waals surface area contributed by atoms with Crippen LogP contribution in [0, 0.1) is 0 Å². The number of hydrogen-bond donors (Lipinski definition) is 2. The molecule has 0 radical (unpaired) electrons. The summed E-state index contributed by atoms with van der Waals surface area (Å²) in [7, 11) is -3.76. The fourth-order valence-electron chi connectivity index (χ4n) is 0.726. The summed E-state index contributed by atoms with van der Waals surface area (Å²) >= 11 is 4.95. The van der Waals surface area contributed by atoms with Crippen molar-refractivity contribution in [1.82, 2.24) is 4.24 Å². The molecule has 12 heavy (non-hydrogen) atoms. The number of nitrogens with one attached hydrogen (secondary N) is 1. The zero-order valence-corrected chi connectivity index (χ0v) is 7.43. The molecule has 0 saturated carbocycles. The zero-order valence-electron chi connectivity index (χ0n) is 5.86. The Morgan fingerprint density at radius 2 is 1.92 bits per heavy atom. The minimum Gasteiger partial charge on any atom is -0.507 e. The number of phenolic OH excluding ortho intramolecular Hbond substituents is 1. The monoisotopic (exact) mass is 207 g/mol. The lowest BCUT2D eigenvalue weighted by atomic mass is 10.3. The fourth-order valence-corrected chi connectivity index (χ4v) is 1.66. The Bertz CT molecular complexity index is 376. The minimum absolute atomic E-state index is 0.236. The second-order valence-electron chi connectivity index (χ2n) is 2.05. The molecule has 0 aliphatic rings. The lowest BCUT2D eigenvalue weighted by Crippen LogP contribution is -2.13. The van der Waals surface area contributed by atoms with Gasteiger partial charge in [-0.15, -0.1) is 4.24 Å². The molecule has 0 saturated heterocycles. The van der Waals surface area contributed by atoms with Crippen molar-refractivity contribution < 1.29 is 13.5 Å². The van der Waals surface area contributed by atoms with Crippen molar-refractivity contribution in [1.29, 1.82) is 0 Å². The Kier molecular flexibility index (Phi) is 2.56. The predicted molar refractivity (Wildman–Crippen MR) is 44.3 cm³/mol. The second kappa shape index (κ2) is 3.30. The smallest absolute Gasteiger partial charge is 0.257 e. The number of phenols is 1. The van der Waals surface area contributed by atoms with Crippen LogP contribution < -0.4 is 4.24 Å². The van der Waals surface area contributed by atoms with Crippen molar-refractivity contribution in [2.75, 3.05) is 0 Å². The van der Waals surface area contributed by atoms with Crippen LogP contribution in [0.1, 0.15) is 0 Å². The number of sulfonamides is 1. The van der Waals surface area contributed by atoms with E-state index in [1.54, 1.807) is 4.24 Å². The van der Waals surface area contributed by atoms with Gasteiger partial charge in [-0.25, -0.2) is 8.42 Å². The zero-order chi connectivity index (χ0) is 9.19. The van der Waals surface area contributed by atoms with Crippen LogP contribution in [0.2, 0.25) is 0 Å². The molecule has 0 aliphatic heterocycles. The first-order valence-corrected chi connectivity index (χ1v) is 4.84. The van der Waals surface area contributed by atoms with Gasteiger partial charge in [0.05, 0.1) is 0 Å². The Hall–Kier alpha value is -0.780. The number of halogens is 1. The normalized spacial score (nSPS) is 11.4. The molecule has 0 unspecified atom stereocenters. The van der Waals surface area contributed by atoms with Crippen LogP contribution in [-0.2, 0) is 10.0 Å². The molecular weight excluding hydrogens is 202 g/mol. The predicted octanol–water partition coefficient (Wildman–Crippen LogP) is 0.824. The fraction of sp³-hybridized carbons (Fsp3) is 0. The second-order valence-corrected chi connectivity index (χ2v) is 4.11. The summed E-state index contributed by atoms with van der Waals surface area (Å²) in [5.41, 5.74) is 0. The molecule has 0 spiro atoms. The summed E-state index contributed by atoms with van der Waals surface area (Å²) in [4.78, 5) is -0.236. The van der Waals surface area contributed by atoms with Crippen LogP contribution in [0.4, 0.5) is 0 Å². The Morgan fingerprint density at radius 3 is 2.42 bits per heavy atom. The summed E-state index contributed by atoms with van der Waals surface area (Å²) in [5, 5.41) is 9.10. The summed E-state index contributed by atoms with van der Waals surface area (Å²) in [5.74, 6) is -0.328. The van der Waals surface area contributed by atoms with E-state index in [0.717, 1.165) is 0 Å². The molecular formula is C6H6ClNO3S. The average molecular weight is 208 g/mol. The van der Waals surface area contributed by atoms with Crippen molar-refractivity contribution in [2.24, 2.45) is 0 Å². The van der Waals surface area contributed by atoms with Gasteiger partial charge in [0.15, 0.2) is 0 Å². The molecule has 1 aromatic carbocycles. The quantitative estimate of drug-likeness (QED) is 0.706. The van der Waals surface area contributed by atoms with Gasteiger partial charge in [0.1, 0.15) is 10.6 Å². The van der Waals surface area contributed by atoms with Gasteiger partial charge in [-0.1, -0.05) is 12.1 Å². The van der Waals surface area contributed by atoms with Crippen LogP contribution in [0.15, 0.2) is 29.2 Å². The number of aromatic hydroxyl groups is 1. The Labute approximate surface area is 75.0 Å². The number of rotatable bonds is 2. The van der Waals surface area contributed by atoms with Crippen molar-refractivity contribution in [3.05, 3.63) is 24.3 Å². The van der Waals surface area contributed by atoms with Gasteiger partial charge < -0.3 is 5.11 Å². The first-order chi connectivity index (χ1) is 5.58. The topological polar surface area (TPSA) is 66.4 Å². The van der Waals surface area contributed by atoms with E-state index >= 15 is 0 Å². The van der Waals surface area contributed by atoms with E-state index in [4.69, 9.17) is 16.9 Å². The molecule has 1 aromatic rings. The van der Waals surface area contributed by atoms with Crippen molar-refractivity contribution >= 4 is 21.8 Å². The van der Waals surface area contributed by atoms with Gasteiger partial charge in [-0.3, -0.25) is 0 Å². The highest BCUT2D eigenvalue weighted by molar-refractivity contribution is 7.90. The highest BCUT2D eigenvalue weighted by atomic mass is 35.5. The van der Waals surface area contributed by atoms with Crippen LogP contribution >= 0.6 is 11.8 Å². The molecule has 0 amide bonds. The summed E-state index contributed by atoms with van der Waals surface area (Å²) in [6.07, 6.45) is 0. The lowest BCUT2D eigenvalue weighted by Gasteiger charge is -2.01. The van der Waals surface area contributed by atoms with E-state index in [-0.39, 0.29) is 10.6 Å². The Morgan fingerprint density at radius 1 is 1.33 bits per heavy atom. The van der Waals surface area contributed by atoms with Gasteiger partial charge in [-0.2, -0.15) is 0 Å². The third-order valence-electron chi connectivity index (χ3n) is 1.26. The SMILES string of the molecule is O=S(=O)(NCl)c1ccccc1O. The molecule has 0 bridgehead atoms. The van der Waals surface area contributed by atoms with E-state index in [1.807, 2.05) is 0 Å². The highest BCUT2D eigenvalue weighted by Gasteiger charge is 2.15. The van der Waals surface area contributed by atoms with Crippen molar-refractivity contribution in [2.45, 2.75) is 4.90 Å². The maximum absolute atomic E-state index is 11.0.